The molecule has 0 aromatic carbocycles. The summed E-state index contributed by atoms with van der Waals surface area (Å²) in [5, 5.41) is 0. The van der Waals surface area contributed by atoms with Gasteiger partial charge in [-0.05, 0) is 12.2 Å². The average Bonchev–Trinajstić information content (AvgIpc) is 2.17. The van der Waals surface area contributed by atoms with Gasteiger partial charge in [0.25, 0.3) is 0 Å². The molecule has 0 spiro atoms. The van der Waals surface area contributed by atoms with Crippen molar-refractivity contribution in [3.05, 3.63) is 0 Å². The van der Waals surface area contributed by atoms with Gasteiger partial charge in [0.05, 0.1) is 19.8 Å². The van der Waals surface area contributed by atoms with Crippen molar-refractivity contribution in [2.45, 2.75) is 19.8 Å². The van der Waals surface area contributed by atoms with E-state index in [9.17, 15) is 9.59 Å². The molecule has 15 heavy (non-hydrogen) atoms. The molecule has 0 unspecified atom stereocenters. The Bertz CT molecular complexity index is 195. The van der Waals surface area contributed by atoms with Gasteiger partial charge in [-0.3, -0.25) is 4.79 Å². The minimum absolute atomic E-state index is 0.187. The fraction of sp³-hybridized carbons (Fsp3) is 0.778. The molecule has 0 fully saturated rings. The Labute approximate surface area is 94.5 Å². The van der Waals surface area contributed by atoms with Crippen molar-refractivity contribution < 1.29 is 23.8 Å². The third-order valence-electron chi connectivity index (χ3n) is 1.34. The van der Waals surface area contributed by atoms with E-state index in [1.165, 1.54) is 6.92 Å². The summed E-state index contributed by atoms with van der Waals surface area (Å²) in [5.41, 5.74) is 0. The van der Waals surface area contributed by atoms with Crippen molar-refractivity contribution in [2.24, 2.45) is 0 Å². The summed E-state index contributed by atoms with van der Waals surface area (Å²) < 4.78 is 14.0. The standard InChI is InChI=1S/C9H16O5S/c1-8(10)12-4-2-5-13-9(11)14-6-3-7-15/h15H,2-7H2,1H3. The third-order valence-corrected chi connectivity index (χ3v) is 1.65. The van der Waals surface area contributed by atoms with E-state index in [0.29, 0.717) is 25.2 Å². The lowest BCUT2D eigenvalue weighted by Gasteiger charge is -2.05. The van der Waals surface area contributed by atoms with E-state index in [4.69, 9.17) is 9.47 Å². The van der Waals surface area contributed by atoms with Gasteiger partial charge in [-0.15, -0.1) is 0 Å². The Morgan fingerprint density at radius 1 is 1.00 bits per heavy atom. The summed E-state index contributed by atoms with van der Waals surface area (Å²) in [6, 6.07) is 0. The zero-order chi connectivity index (χ0) is 11.5. The highest BCUT2D eigenvalue weighted by atomic mass is 32.1. The van der Waals surface area contributed by atoms with Crippen molar-refractivity contribution in [1.82, 2.24) is 0 Å². The van der Waals surface area contributed by atoms with E-state index in [1.54, 1.807) is 0 Å². The normalized spacial score (nSPS) is 9.47. The molecule has 0 N–H and O–H groups in total. The Morgan fingerprint density at radius 2 is 1.53 bits per heavy atom. The topological polar surface area (TPSA) is 61.8 Å². The van der Waals surface area contributed by atoms with E-state index in [-0.39, 0.29) is 19.2 Å². The summed E-state index contributed by atoms with van der Waals surface area (Å²) in [4.78, 5) is 21.2. The smallest absolute Gasteiger partial charge is 0.466 e. The molecule has 0 atom stereocenters. The molecule has 0 saturated carbocycles. The SMILES string of the molecule is CC(=O)OCCCOC(=O)OCCCS. The molecule has 0 bridgehead atoms. The fourth-order valence-corrected chi connectivity index (χ4v) is 0.821. The average molecular weight is 236 g/mol. The van der Waals surface area contributed by atoms with Crippen LogP contribution in [0.5, 0.6) is 0 Å². The summed E-state index contributed by atoms with van der Waals surface area (Å²) in [6.07, 6.45) is 0.479. The second-order valence-electron chi connectivity index (χ2n) is 2.72. The molecule has 0 saturated heterocycles. The summed E-state index contributed by atoms with van der Waals surface area (Å²) >= 11 is 3.96. The van der Waals surface area contributed by atoms with E-state index < -0.39 is 6.16 Å². The van der Waals surface area contributed by atoms with E-state index in [0.717, 1.165) is 0 Å². The predicted octanol–water partition coefficient (Wildman–Crippen LogP) is 1.41. The molecule has 88 valence electrons. The quantitative estimate of drug-likeness (QED) is 0.411. The summed E-state index contributed by atoms with van der Waals surface area (Å²) in [7, 11) is 0. The molecule has 0 aliphatic carbocycles. The molecule has 0 rings (SSSR count). The van der Waals surface area contributed by atoms with Crippen LogP contribution in [0.15, 0.2) is 0 Å². The van der Waals surface area contributed by atoms with E-state index in [2.05, 4.69) is 17.4 Å². The maximum atomic E-state index is 10.8. The molecule has 0 aliphatic rings. The third kappa shape index (κ3) is 11.0. The predicted molar refractivity (Wildman–Crippen MR) is 57.0 cm³/mol. The van der Waals surface area contributed by atoms with E-state index in [1.807, 2.05) is 0 Å². The van der Waals surface area contributed by atoms with Crippen molar-refractivity contribution in [3.8, 4) is 0 Å². The molecular weight excluding hydrogens is 220 g/mol. The Hall–Kier alpha value is -0.910. The number of carbonyl (C=O) groups excluding carboxylic acids is 2. The summed E-state index contributed by atoms with van der Waals surface area (Å²) in [5.74, 6) is 0.325. The molecule has 5 nitrogen and oxygen atoms in total. The highest BCUT2D eigenvalue weighted by Crippen LogP contribution is 1.92. The van der Waals surface area contributed by atoms with Crippen LogP contribution in [0.25, 0.3) is 0 Å². The van der Waals surface area contributed by atoms with Gasteiger partial charge < -0.3 is 14.2 Å². The van der Waals surface area contributed by atoms with Gasteiger partial charge in [0, 0.05) is 13.3 Å². The van der Waals surface area contributed by atoms with Crippen LogP contribution in [-0.2, 0) is 19.0 Å². The number of rotatable bonds is 7. The van der Waals surface area contributed by atoms with Gasteiger partial charge in [0.2, 0.25) is 0 Å². The number of ether oxygens (including phenoxy) is 3. The lowest BCUT2D eigenvalue weighted by molar-refractivity contribution is -0.141. The van der Waals surface area contributed by atoms with Crippen LogP contribution < -0.4 is 0 Å². The number of thiol groups is 1. The van der Waals surface area contributed by atoms with Crippen LogP contribution in [0.3, 0.4) is 0 Å². The van der Waals surface area contributed by atoms with Crippen molar-refractivity contribution in [2.75, 3.05) is 25.6 Å². The van der Waals surface area contributed by atoms with Gasteiger partial charge >= 0.3 is 12.1 Å². The van der Waals surface area contributed by atoms with Crippen LogP contribution >= 0.6 is 12.6 Å². The van der Waals surface area contributed by atoms with Crippen LogP contribution in [-0.4, -0.2) is 37.7 Å². The molecule has 6 heteroatoms. The van der Waals surface area contributed by atoms with Gasteiger partial charge in [0.15, 0.2) is 0 Å². The molecule has 0 aliphatic heterocycles. The molecule has 0 heterocycles. The largest absolute Gasteiger partial charge is 0.508 e. The maximum absolute atomic E-state index is 10.8. The van der Waals surface area contributed by atoms with E-state index >= 15 is 0 Å². The molecule has 0 aromatic heterocycles. The zero-order valence-electron chi connectivity index (χ0n) is 8.73. The van der Waals surface area contributed by atoms with Crippen LogP contribution in [0.1, 0.15) is 19.8 Å². The second-order valence-corrected chi connectivity index (χ2v) is 3.16. The minimum atomic E-state index is -0.695. The molecule has 0 radical (unpaired) electrons. The van der Waals surface area contributed by atoms with Gasteiger partial charge in [-0.25, -0.2) is 4.79 Å². The van der Waals surface area contributed by atoms with Crippen LogP contribution in [0.4, 0.5) is 4.79 Å². The highest BCUT2D eigenvalue weighted by Gasteiger charge is 2.02. The lowest BCUT2D eigenvalue weighted by Crippen LogP contribution is -2.11. The molecule has 0 amide bonds. The zero-order valence-corrected chi connectivity index (χ0v) is 9.63. The first-order valence-corrected chi connectivity index (χ1v) is 5.34. The van der Waals surface area contributed by atoms with Gasteiger partial charge in [-0.1, -0.05) is 0 Å². The number of hydrogen-bond donors (Lipinski definition) is 1. The first kappa shape index (κ1) is 14.1. The fourth-order valence-electron chi connectivity index (χ4n) is 0.692. The Balaban J connectivity index is 3.20. The first-order valence-electron chi connectivity index (χ1n) is 4.70. The Kier molecular flexibility index (Phi) is 9.05. The van der Waals surface area contributed by atoms with Gasteiger partial charge in [0.1, 0.15) is 0 Å². The van der Waals surface area contributed by atoms with Crippen molar-refractivity contribution in [3.63, 3.8) is 0 Å². The number of esters is 1. The van der Waals surface area contributed by atoms with Crippen molar-refractivity contribution in [1.29, 1.82) is 0 Å². The number of hydrogen-bond acceptors (Lipinski definition) is 6. The maximum Gasteiger partial charge on any atom is 0.508 e. The highest BCUT2D eigenvalue weighted by molar-refractivity contribution is 7.80. The number of carbonyl (C=O) groups is 2. The molecule has 0 aromatic rings. The van der Waals surface area contributed by atoms with Crippen LogP contribution in [0, 0.1) is 0 Å². The first-order chi connectivity index (χ1) is 7.16. The van der Waals surface area contributed by atoms with Crippen molar-refractivity contribution >= 4 is 24.8 Å². The minimum Gasteiger partial charge on any atom is -0.466 e. The van der Waals surface area contributed by atoms with Crippen LogP contribution in [0.2, 0.25) is 0 Å². The lowest BCUT2D eigenvalue weighted by atomic mass is 10.5. The second kappa shape index (κ2) is 9.64. The summed E-state index contributed by atoms with van der Waals surface area (Å²) in [6.45, 7) is 2.07. The Morgan fingerprint density at radius 3 is 2.07 bits per heavy atom. The van der Waals surface area contributed by atoms with Gasteiger partial charge in [-0.2, -0.15) is 12.6 Å². The monoisotopic (exact) mass is 236 g/mol. The molecular formula is C9H16O5S.